The predicted molar refractivity (Wildman–Crippen MR) is 100 cm³/mol. The summed E-state index contributed by atoms with van der Waals surface area (Å²) in [4.78, 5) is 18.0. The van der Waals surface area contributed by atoms with Crippen molar-refractivity contribution >= 4 is 23.3 Å². The lowest BCUT2D eigenvalue weighted by atomic mass is 10.0. The summed E-state index contributed by atoms with van der Waals surface area (Å²) in [6.07, 6.45) is 7.11. The van der Waals surface area contributed by atoms with Gasteiger partial charge in [0, 0.05) is 36.7 Å². The summed E-state index contributed by atoms with van der Waals surface area (Å²) in [5.41, 5.74) is 3.76. The van der Waals surface area contributed by atoms with Gasteiger partial charge in [-0.15, -0.1) is 11.3 Å². The maximum Gasteiger partial charge on any atom is 0.246 e. The average molecular weight is 356 g/mol. The highest BCUT2D eigenvalue weighted by Crippen LogP contribution is 2.24. The Balaban J connectivity index is 1.45. The molecule has 4 rings (SSSR count). The van der Waals surface area contributed by atoms with Gasteiger partial charge in [0.05, 0.1) is 17.9 Å². The van der Waals surface area contributed by atoms with E-state index in [0.717, 1.165) is 24.4 Å². The Morgan fingerprint density at radius 2 is 2.16 bits per heavy atom. The summed E-state index contributed by atoms with van der Waals surface area (Å²) in [6, 6.07) is 4.02. The van der Waals surface area contributed by atoms with Crippen LogP contribution in [0.5, 0.6) is 0 Å². The van der Waals surface area contributed by atoms with Crippen molar-refractivity contribution in [2.45, 2.75) is 32.4 Å². The maximum atomic E-state index is 12.5. The van der Waals surface area contributed by atoms with E-state index in [4.69, 9.17) is 5.10 Å². The van der Waals surface area contributed by atoms with Crippen LogP contribution in [0.25, 0.3) is 6.08 Å². The first-order valence-electron chi connectivity index (χ1n) is 8.97. The third-order valence-corrected chi connectivity index (χ3v) is 5.99. The van der Waals surface area contributed by atoms with Gasteiger partial charge in [0.2, 0.25) is 5.91 Å². The molecule has 2 aromatic heterocycles. The highest BCUT2D eigenvalue weighted by Gasteiger charge is 2.26. The van der Waals surface area contributed by atoms with Crippen molar-refractivity contribution in [1.82, 2.24) is 19.6 Å². The second-order valence-electron chi connectivity index (χ2n) is 6.84. The third-order valence-electron chi connectivity index (χ3n) is 5.15. The Kier molecular flexibility index (Phi) is 4.72. The smallest absolute Gasteiger partial charge is 0.246 e. The standard InChI is InChI=1S/C19H24N4OS/c1-21-18-14-23(19(24)7-6-15-5-4-12-25-15)11-8-16(18)17(20-21)13-22-9-2-3-10-22/h4-7,12H,2-3,8-11,13-14H2,1H3/b7-6+. The van der Waals surface area contributed by atoms with Gasteiger partial charge in [-0.25, -0.2) is 0 Å². The molecule has 2 aromatic rings. The fourth-order valence-corrected chi connectivity index (χ4v) is 4.39. The summed E-state index contributed by atoms with van der Waals surface area (Å²) in [5, 5.41) is 6.78. The van der Waals surface area contributed by atoms with Crippen LogP contribution in [-0.2, 0) is 31.4 Å². The van der Waals surface area contributed by atoms with E-state index in [1.807, 2.05) is 40.2 Å². The minimum Gasteiger partial charge on any atom is -0.333 e. The first kappa shape index (κ1) is 16.5. The number of amides is 1. The molecule has 0 bridgehead atoms. The summed E-state index contributed by atoms with van der Waals surface area (Å²) in [6.45, 7) is 4.76. The summed E-state index contributed by atoms with van der Waals surface area (Å²) in [7, 11) is 2.00. The molecular weight excluding hydrogens is 332 g/mol. The molecule has 2 aliphatic heterocycles. The highest BCUT2D eigenvalue weighted by atomic mass is 32.1. The fraction of sp³-hybridized carbons (Fsp3) is 0.474. The molecule has 1 fully saturated rings. The summed E-state index contributed by atoms with van der Waals surface area (Å²) >= 11 is 1.64. The van der Waals surface area contributed by atoms with Gasteiger partial charge in [-0.3, -0.25) is 14.4 Å². The van der Waals surface area contributed by atoms with Crippen LogP contribution in [0.3, 0.4) is 0 Å². The van der Waals surface area contributed by atoms with Crippen molar-refractivity contribution in [2.75, 3.05) is 19.6 Å². The molecular formula is C19H24N4OS. The molecule has 4 heterocycles. The van der Waals surface area contributed by atoms with Crippen molar-refractivity contribution in [3.8, 4) is 0 Å². The molecule has 132 valence electrons. The molecule has 6 heteroatoms. The van der Waals surface area contributed by atoms with Crippen molar-refractivity contribution in [2.24, 2.45) is 7.05 Å². The average Bonchev–Trinajstić information content (AvgIpc) is 3.36. The molecule has 0 saturated carbocycles. The predicted octanol–water partition coefficient (Wildman–Crippen LogP) is 2.68. The lowest BCUT2D eigenvalue weighted by molar-refractivity contribution is -0.126. The van der Waals surface area contributed by atoms with Gasteiger partial charge in [-0.05, 0) is 49.9 Å². The molecule has 0 aliphatic carbocycles. The first-order valence-corrected chi connectivity index (χ1v) is 9.85. The second kappa shape index (κ2) is 7.14. The second-order valence-corrected chi connectivity index (χ2v) is 7.82. The molecule has 0 aromatic carbocycles. The van der Waals surface area contributed by atoms with Crippen LogP contribution in [0.15, 0.2) is 23.6 Å². The zero-order valence-electron chi connectivity index (χ0n) is 14.6. The Bertz CT molecular complexity index is 772. The number of hydrogen-bond donors (Lipinski definition) is 0. The van der Waals surface area contributed by atoms with E-state index in [1.54, 1.807) is 17.4 Å². The zero-order chi connectivity index (χ0) is 17.2. The monoisotopic (exact) mass is 356 g/mol. The molecule has 0 spiro atoms. The highest BCUT2D eigenvalue weighted by molar-refractivity contribution is 7.10. The van der Waals surface area contributed by atoms with Gasteiger partial charge in [-0.1, -0.05) is 6.07 Å². The van der Waals surface area contributed by atoms with E-state index in [1.165, 1.54) is 42.9 Å². The van der Waals surface area contributed by atoms with Crippen LogP contribution in [0.1, 0.15) is 34.7 Å². The maximum absolute atomic E-state index is 12.5. The molecule has 0 N–H and O–H groups in total. The lowest BCUT2D eigenvalue weighted by Gasteiger charge is -2.27. The van der Waals surface area contributed by atoms with Gasteiger partial charge in [0.1, 0.15) is 0 Å². The minimum atomic E-state index is 0.0846. The van der Waals surface area contributed by atoms with E-state index < -0.39 is 0 Å². The zero-order valence-corrected chi connectivity index (χ0v) is 15.5. The number of fused-ring (bicyclic) bond motifs is 1. The quantitative estimate of drug-likeness (QED) is 0.791. The Hall–Kier alpha value is -1.92. The molecule has 5 nitrogen and oxygen atoms in total. The van der Waals surface area contributed by atoms with Gasteiger partial charge in [0.15, 0.2) is 0 Å². The first-order chi connectivity index (χ1) is 12.2. The Morgan fingerprint density at radius 3 is 2.92 bits per heavy atom. The molecule has 0 atom stereocenters. The number of nitrogens with zero attached hydrogens (tertiary/aromatic N) is 4. The van der Waals surface area contributed by atoms with Gasteiger partial charge in [0.25, 0.3) is 0 Å². The number of thiophene rings is 1. The van der Waals surface area contributed by atoms with Crippen molar-refractivity contribution in [3.05, 3.63) is 45.4 Å². The van der Waals surface area contributed by atoms with Crippen LogP contribution in [0.4, 0.5) is 0 Å². The van der Waals surface area contributed by atoms with Gasteiger partial charge < -0.3 is 4.90 Å². The van der Waals surface area contributed by atoms with Gasteiger partial charge in [-0.2, -0.15) is 5.10 Å². The van der Waals surface area contributed by atoms with Crippen molar-refractivity contribution < 1.29 is 4.79 Å². The Labute approximate surface area is 152 Å². The number of carbonyl (C=O) groups is 1. The van der Waals surface area contributed by atoms with Crippen molar-refractivity contribution in [3.63, 3.8) is 0 Å². The van der Waals surface area contributed by atoms with E-state index in [-0.39, 0.29) is 5.91 Å². The van der Waals surface area contributed by atoms with E-state index in [2.05, 4.69) is 4.90 Å². The number of rotatable bonds is 4. The molecule has 2 aliphatic rings. The summed E-state index contributed by atoms with van der Waals surface area (Å²) in [5.74, 6) is 0.0846. The molecule has 0 unspecified atom stereocenters. The van der Waals surface area contributed by atoms with Crippen LogP contribution in [0.2, 0.25) is 0 Å². The van der Waals surface area contributed by atoms with Gasteiger partial charge >= 0.3 is 0 Å². The number of hydrogen-bond acceptors (Lipinski definition) is 4. The number of likely N-dealkylation sites (tertiary alicyclic amines) is 1. The molecule has 25 heavy (non-hydrogen) atoms. The van der Waals surface area contributed by atoms with Crippen LogP contribution < -0.4 is 0 Å². The number of aryl methyl sites for hydroxylation is 1. The largest absolute Gasteiger partial charge is 0.333 e. The van der Waals surface area contributed by atoms with Crippen molar-refractivity contribution in [1.29, 1.82) is 0 Å². The molecule has 0 radical (unpaired) electrons. The number of carbonyl (C=O) groups excluding carboxylic acids is 1. The van der Waals surface area contributed by atoms with E-state index in [0.29, 0.717) is 6.54 Å². The lowest BCUT2D eigenvalue weighted by Crippen LogP contribution is -2.35. The van der Waals surface area contributed by atoms with Crippen LogP contribution >= 0.6 is 11.3 Å². The Morgan fingerprint density at radius 1 is 1.32 bits per heavy atom. The minimum absolute atomic E-state index is 0.0846. The topological polar surface area (TPSA) is 41.4 Å². The third kappa shape index (κ3) is 3.55. The van der Waals surface area contributed by atoms with E-state index >= 15 is 0 Å². The van der Waals surface area contributed by atoms with Crippen LogP contribution in [0, 0.1) is 0 Å². The fourth-order valence-electron chi connectivity index (χ4n) is 3.77. The molecule has 1 amide bonds. The number of aromatic nitrogens is 2. The van der Waals surface area contributed by atoms with E-state index in [9.17, 15) is 4.79 Å². The SMILES string of the molecule is Cn1nc(CN2CCCC2)c2c1CN(C(=O)/C=C/c1cccs1)CC2. The normalized spacial score (nSPS) is 18.2. The summed E-state index contributed by atoms with van der Waals surface area (Å²) < 4.78 is 1.98. The molecule has 1 saturated heterocycles. The van der Waals surface area contributed by atoms with Crippen LogP contribution in [-0.4, -0.2) is 45.1 Å².